The van der Waals surface area contributed by atoms with Crippen molar-refractivity contribution >= 4 is 21.1 Å². The van der Waals surface area contributed by atoms with E-state index in [2.05, 4.69) is 24.8 Å². The van der Waals surface area contributed by atoms with Gasteiger partial charge in [0, 0.05) is 0 Å². The van der Waals surface area contributed by atoms with Gasteiger partial charge in [0.15, 0.2) is 0 Å². The average Bonchev–Trinajstić information content (AvgIpc) is 2.34. The van der Waals surface area contributed by atoms with Crippen LogP contribution in [0.5, 0.6) is 0 Å². The summed E-state index contributed by atoms with van der Waals surface area (Å²) in [5.41, 5.74) is 0. The average molecular weight is 225 g/mol. The maximum atomic E-state index is 3.72. The number of hydrogen-bond donors (Lipinski definition) is 0. The van der Waals surface area contributed by atoms with Gasteiger partial charge in [0.05, 0.1) is 0 Å². The van der Waals surface area contributed by atoms with E-state index in [0.29, 0.717) is 0 Å². The van der Waals surface area contributed by atoms with Gasteiger partial charge in [0.25, 0.3) is 0 Å². The molecule has 0 heterocycles. The Morgan fingerprint density at radius 2 is 2.67 bits per heavy atom. The SMILES string of the molecule is C=C[CH2][Sn][C]1=CC=CC1. The first-order chi connectivity index (χ1) is 4.43. The van der Waals surface area contributed by atoms with E-state index in [0.717, 1.165) is 0 Å². The Kier molecular flexibility index (Phi) is 3.12. The topological polar surface area (TPSA) is 0 Å². The van der Waals surface area contributed by atoms with Crippen molar-refractivity contribution in [1.29, 1.82) is 0 Å². The second-order valence-corrected chi connectivity index (χ2v) is 6.00. The van der Waals surface area contributed by atoms with Gasteiger partial charge in [-0.05, 0) is 0 Å². The van der Waals surface area contributed by atoms with Crippen molar-refractivity contribution in [3.8, 4) is 0 Å². The molecular formula is C8H10Sn. The number of hydrogen-bond acceptors (Lipinski definition) is 0. The molecule has 0 atom stereocenters. The zero-order chi connectivity index (χ0) is 6.53. The molecule has 2 radical (unpaired) electrons. The molecule has 0 N–H and O–H groups in total. The molecule has 0 saturated heterocycles. The Morgan fingerprint density at radius 1 is 1.78 bits per heavy atom. The third-order valence-electron chi connectivity index (χ3n) is 1.24. The summed E-state index contributed by atoms with van der Waals surface area (Å²) in [4.78, 5) is 0. The summed E-state index contributed by atoms with van der Waals surface area (Å²) in [5, 5.41) is 0. The molecule has 1 rings (SSSR count). The molecule has 0 aromatic rings. The molecule has 0 amide bonds. The van der Waals surface area contributed by atoms with Gasteiger partial charge < -0.3 is 0 Å². The second-order valence-electron chi connectivity index (χ2n) is 1.99. The zero-order valence-corrected chi connectivity index (χ0v) is 8.28. The Balaban J connectivity index is 2.21. The quantitative estimate of drug-likeness (QED) is 0.509. The first-order valence-electron chi connectivity index (χ1n) is 3.14. The molecule has 1 heteroatoms. The van der Waals surface area contributed by atoms with E-state index in [9.17, 15) is 0 Å². The third kappa shape index (κ3) is 2.39. The molecule has 0 fully saturated rings. The zero-order valence-electron chi connectivity index (χ0n) is 5.43. The van der Waals surface area contributed by atoms with Crippen LogP contribution in [0.2, 0.25) is 4.44 Å². The van der Waals surface area contributed by atoms with Crippen molar-refractivity contribution in [2.24, 2.45) is 0 Å². The predicted molar refractivity (Wildman–Crippen MR) is 42.6 cm³/mol. The first kappa shape index (κ1) is 7.13. The summed E-state index contributed by atoms with van der Waals surface area (Å²) in [6.45, 7) is 3.72. The van der Waals surface area contributed by atoms with Gasteiger partial charge >= 0.3 is 66.5 Å². The van der Waals surface area contributed by atoms with Gasteiger partial charge in [-0.2, -0.15) is 0 Å². The van der Waals surface area contributed by atoms with E-state index in [-0.39, 0.29) is 21.1 Å². The fourth-order valence-electron chi connectivity index (χ4n) is 0.782. The summed E-state index contributed by atoms with van der Waals surface area (Å²) < 4.78 is 3.00. The monoisotopic (exact) mass is 226 g/mol. The van der Waals surface area contributed by atoms with Gasteiger partial charge in [0.1, 0.15) is 0 Å². The van der Waals surface area contributed by atoms with Gasteiger partial charge in [0.2, 0.25) is 0 Å². The summed E-state index contributed by atoms with van der Waals surface area (Å²) >= 11 is -0.183. The molecule has 0 saturated carbocycles. The fourth-order valence-corrected chi connectivity index (χ4v) is 3.30. The van der Waals surface area contributed by atoms with Gasteiger partial charge in [-0.25, -0.2) is 0 Å². The maximum absolute atomic E-state index is 3.72. The van der Waals surface area contributed by atoms with E-state index >= 15 is 0 Å². The summed E-state index contributed by atoms with van der Waals surface area (Å²) in [6, 6.07) is 0. The van der Waals surface area contributed by atoms with Gasteiger partial charge in [-0.15, -0.1) is 0 Å². The second kappa shape index (κ2) is 3.94. The predicted octanol–water partition coefficient (Wildman–Crippen LogP) is 2.14. The van der Waals surface area contributed by atoms with Crippen molar-refractivity contribution < 1.29 is 0 Å². The fraction of sp³-hybridized carbons (Fsp3) is 0.250. The van der Waals surface area contributed by atoms with E-state index < -0.39 is 0 Å². The molecular weight excluding hydrogens is 215 g/mol. The Hall–Kier alpha value is 0.0187. The number of allylic oxidation sites excluding steroid dienone is 5. The molecule has 0 bridgehead atoms. The van der Waals surface area contributed by atoms with Crippen LogP contribution in [-0.4, -0.2) is 21.1 Å². The van der Waals surface area contributed by atoms with Crippen LogP contribution in [0.1, 0.15) is 6.42 Å². The standard InChI is InChI=1S/C5H5.C3H5.Sn/c1-2-4-5-3-1;1-3-2;/h1-3H,4H2;3H,1-2H2;. The van der Waals surface area contributed by atoms with Crippen LogP contribution in [0.4, 0.5) is 0 Å². The minimum absolute atomic E-state index is 0.183. The molecule has 9 heavy (non-hydrogen) atoms. The molecule has 0 aromatic heterocycles. The molecule has 0 aliphatic heterocycles. The first-order valence-corrected chi connectivity index (χ1v) is 6.58. The molecule has 1 aliphatic rings. The van der Waals surface area contributed by atoms with E-state index in [1.165, 1.54) is 10.9 Å². The molecule has 0 spiro atoms. The van der Waals surface area contributed by atoms with Crippen LogP contribution >= 0.6 is 0 Å². The van der Waals surface area contributed by atoms with Crippen LogP contribution in [-0.2, 0) is 0 Å². The van der Waals surface area contributed by atoms with Crippen molar-refractivity contribution in [2.45, 2.75) is 10.9 Å². The van der Waals surface area contributed by atoms with Crippen LogP contribution in [0, 0.1) is 0 Å². The minimum atomic E-state index is -0.183. The summed E-state index contributed by atoms with van der Waals surface area (Å²) in [7, 11) is 0. The van der Waals surface area contributed by atoms with E-state index in [1.807, 2.05) is 6.08 Å². The van der Waals surface area contributed by atoms with Crippen LogP contribution < -0.4 is 0 Å². The Morgan fingerprint density at radius 3 is 3.22 bits per heavy atom. The summed E-state index contributed by atoms with van der Waals surface area (Å²) in [6.07, 6.45) is 9.96. The van der Waals surface area contributed by atoms with Gasteiger partial charge in [-0.1, -0.05) is 0 Å². The van der Waals surface area contributed by atoms with Crippen molar-refractivity contribution in [1.82, 2.24) is 0 Å². The normalized spacial score (nSPS) is 15.8. The Labute approximate surface area is 66.6 Å². The van der Waals surface area contributed by atoms with E-state index in [1.54, 1.807) is 3.59 Å². The molecule has 1 aliphatic carbocycles. The molecule has 46 valence electrons. The van der Waals surface area contributed by atoms with Crippen LogP contribution in [0.15, 0.2) is 34.5 Å². The van der Waals surface area contributed by atoms with Crippen LogP contribution in [0.3, 0.4) is 0 Å². The van der Waals surface area contributed by atoms with E-state index in [4.69, 9.17) is 0 Å². The van der Waals surface area contributed by atoms with Crippen molar-refractivity contribution in [3.63, 3.8) is 0 Å². The van der Waals surface area contributed by atoms with Crippen LogP contribution in [0.25, 0.3) is 0 Å². The molecule has 0 unspecified atom stereocenters. The molecule has 0 aromatic carbocycles. The third-order valence-corrected chi connectivity index (χ3v) is 5.01. The molecule has 0 nitrogen and oxygen atoms in total. The van der Waals surface area contributed by atoms with Crippen molar-refractivity contribution in [3.05, 3.63) is 34.5 Å². The Bertz CT molecular complexity index is 154. The summed E-state index contributed by atoms with van der Waals surface area (Å²) in [5.74, 6) is 0. The number of rotatable bonds is 3. The van der Waals surface area contributed by atoms with Crippen molar-refractivity contribution in [2.75, 3.05) is 0 Å². The van der Waals surface area contributed by atoms with Gasteiger partial charge in [-0.3, -0.25) is 0 Å².